The summed E-state index contributed by atoms with van der Waals surface area (Å²) in [5.74, 6) is 0.762. The zero-order valence-electron chi connectivity index (χ0n) is 24.6. The number of hydrogen-bond donors (Lipinski definition) is 0. The molecule has 40 heavy (non-hydrogen) atoms. The van der Waals surface area contributed by atoms with Gasteiger partial charge in [-0.3, -0.25) is 0 Å². The van der Waals surface area contributed by atoms with Crippen LogP contribution in [0.3, 0.4) is 0 Å². The van der Waals surface area contributed by atoms with Crippen LogP contribution in [0.5, 0.6) is 0 Å². The number of aryl methyl sites for hydroxylation is 2. The van der Waals surface area contributed by atoms with E-state index in [1.807, 2.05) is 0 Å². The highest BCUT2D eigenvalue weighted by atomic mass is 79.9. The summed E-state index contributed by atoms with van der Waals surface area (Å²) in [5.41, 5.74) is 10.1. The van der Waals surface area contributed by atoms with Gasteiger partial charge in [-0.15, -0.1) is 11.6 Å². The third kappa shape index (κ3) is 7.64. The fraction of sp³-hybridized carbons (Fsp3) is 0.514. The first-order valence-electron chi connectivity index (χ1n) is 15.8. The maximum absolute atomic E-state index is 6.05. The van der Waals surface area contributed by atoms with E-state index in [0.717, 1.165) is 18.7 Å². The van der Waals surface area contributed by atoms with Crippen molar-refractivity contribution in [3.63, 3.8) is 0 Å². The Morgan fingerprint density at radius 3 is 1.57 bits per heavy atom. The Morgan fingerprint density at radius 2 is 1.07 bits per heavy atom. The molecule has 0 aliphatic heterocycles. The fourth-order valence-corrected chi connectivity index (χ4v) is 7.64. The Hall–Kier alpha value is -1.09. The number of benzene rings is 3. The first-order valence-corrected chi connectivity index (χ1v) is 17.9. The van der Waals surface area contributed by atoms with Crippen molar-refractivity contribution in [3.05, 3.63) is 91.4 Å². The fourth-order valence-electron chi connectivity index (χ4n) is 6.73. The van der Waals surface area contributed by atoms with Gasteiger partial charge in [-0.2, -0.15) is 0 Å². The lowest BCUT2D eigenvalue weighted by molar-refractivity contribution is 0.514. The molecule has 4 rings (SSSR count). The Morgan fingerprint density at radius 1 is 0.575 bits per heavy atom. The van der Waals surface area contributed by atoms with Gasteiger partial charge in [0.25, 0.3) is 0 Å². The minimum atomic E-state index is -0.142. The topological polar surface area (TPSA) is 0 Å². The molecule has 0 N–H and O–H groups in total. The van der Waals surface area contributed by atoms with Gasteiger partial charge in [0.1, 0.15) is 0 Å². The summed E-state index contributed by atoms with van der Waals surface area (Å²) < 4.78 is 2.33. The van der Waals surface area contributed by atoms with E-state index in [1.165, 1.54) is 131 Å². The minimum Gasteiger partial charge on any atom is -0.127 e. The van der Waals surface area contributed by atoms with Gasteiger partial charge in [-0.05, 0) is 102 Å². The van der Waals surface area contributed by atoms with E-state index in [9.17, 15) is 0 Å². The molecule has 0 fully saturated rings. The predicted molar refractivity (Wildman–Crippen MR) is 183 cm³/mol. The van der Waals surface area contributed by atoms with Crippen LogP contribution in [-0.2, 0) is 18.3 Å². The highest BCUT2D eigenvalue weighted by molar-refractivity contribution is 9.10. The standard InChI is InChI=1S/C37H47Br2Cl/c1-3-5-7-11-15-28-23-29(16-12-8-6-4-2)25-30(24-28)37(21-13-9-10-14-22-40)35-26-31(38)17-19-33(35)34-20-18-32(39)27-36(34)37/h17-20,23-27H,3-16,21-22H2,1-2H3. The smallest absolute Gasteiger partial charge is 0.0464 e. The van der Waals surface area contributed by atoms with Crippen molar-refractivity contribution in [2.75, 3.05) is 5.88 Å². The molecular formula is C37H47Br2Cl. The molecule has 1 aliphatic rings. The average Bonchev–Trinajstić information content (AvgIpc) is 3.22. The second kappa shape index (κ2) is 15.9. The Labute approximate surface area is 266 Å². The van der Waals surface area contributed by atoms with E-state index in [-0.39, 0.29) is 5.41 Å². The monoisotopic (exact) mass is 684 g/mol. The first-order chi connectivity index (χ1) is 19.5. The normalized spacial score (nSPS) is 13.4. The molecule has 0 heterocycles. The van der Waals surface area contributed by atoms with Gasteiger partial charge in [-0.1, -0.05) is 134 Å². The molecule has 216 valence electrons. The Balaban J connectivity index is 1.84. The van der Waals surface area contributed by atoms with Crippen LogP contribution in [0.15, 0.2) is 63.5 Å². The molecule has 0 radical (unpaired) electrons. The summed E-state index contributed by atoms with van der Waals surface area (Å²) in [7, 11) is 0. The third-order valence-corrected chi connectivity index (χ3v) is 10.0. The van der Waals surface area contributed by atoms with Crippen molar-refractivity contribution in [2.45, 2.75) is 116 Å². The van der Waals surface area contributed by atoms with E-state index in [0.29, 0.717) is 0 Å². The summed E-state index contributed by atoms with van der Waals surface area (Å²) in [6.07, 6.45) is 18.6. The number of halogens is 3. The zero-order chi connectivity index (χ0) is 28.4. The molecule has 0 nitrogen and oxygen atoms in total. The van der Waals surface area contributed by atoms with Crippen LogP contribution < -0.4 is 0 Å². The van der Waals surface area contributed by atoms with Gasteiger partial charge in [0.2, 0.25) is 0 Å². The molecule has 0 atom stereocenters. The lowest BCUT2D eigenvalue weighted by Gasteiger charge is -2.34. The van der Waals surface area contributed by atoms with Crippen LogP contribution in [0.4, 0.5) is 0 Å². The maximum Gasteiger partial charge on any atom is 0.0464 e. The minimum absolute atomic E-state index is 0.142. The molecule has 0 amide bonds. The molecule has 3 aromatic carbocycles. The SMILES string of the molecule is CCCCCCc1cc(CCCCCC)cc(C2(CCCCCCCl)c3cc(Br)ccc3-c3ccc(Br)cc32)c1. The number of unbranched alkanes of at least 4 members (excludes halogenated alkanes) is 9. The summed E-state index contributed by atoms with van der Waals surface area (Å²) in [6.45, 7) is 4.61. The molecule has 0 aromatic heterocycles. The largest absolute Gasteiger partial charge is 0.127 e. The number of alkyl halides is 1. The van der Waals surface area contributed by atoms with Crippen molar-refractivity contribution in [1.29, 1.82) is 0 Å². The van der Waals surface area contributed by atoms with E-state index in [1.54, 1.807) is 0 Å². The highest BCUT2D eigenvalue weighted by Crippen LogP contribution is 2.56. The van der Waals surface area contributed by atoms with Crippen molar-refractivity contribution in [3.8, 4) is 11.1 Å². The van der Waals surface area contributed by atoms with Gasteiger partial charge >= 0.3 is 0 Å². The third-order valence-electron chi connectivity index (χ3n) is 8.79. The maximum atomic E-state index is 6.05. The highest BCUT2D eigenvalue weighted by Gasteiger charge is 2.44. The van der Waals surface area contributed by atoms with Gasteiger partial charge in [0, 0.05) is 20.2 Å². The summed E-state index contributed by atoms with van der Waals surface area (Å²) in [4.78, 5) is 0. The molecular weight excluding hydrogens is 640 g/mol. The number of rotatable bonds is 17. The van der Waals surface area contributed by atoms with Crippen LogP contribution in [0.25, 0.3) is 11.1 Å². The quantitative estimate of drug-likeness (QED) is 0.0979. The van der Waals surface area contributed by atoms with Gasteiger partial charge < -0.3 is 0 Å². The van der Waals surface area contributed by atoms with Gasteiger partial charge in [-0.25, -0.2) is 0 Å². The van der Waals surface area contributed by atoms with Crippen LogP contribution in [0.2, 0.25) is 0 Å². The van der Waals surface area contributed by atoms with E-state index >= 15 is 0 Å². The first kappa shape index (κ1) is 31.8. The lowest BCUT2D eigenvalue weighted by atomic mass is 9.68. The second-order valence-electron chi connectivity index (χ2n) is 11.8. The van der Waals surface area contributed by atoms with E-state index in [2.05, 4.69) is 100 Å². The number of hydrogen-bond acceptors (Lipinski definition) is 0. The van der Waals surface area contributed by atoms with E-state index in [4.69, 9.17) is 11.6 Å². The zero-order valence-corrected chi connectivity index (χ0v) is 28.6. The predicted octanol–water partition coefficient (Wildman–Crippen LogP) is 13.0. The van der Waals surface area contributed by atoms with Crippen molar-refractivity contribution in [1.82, 2.24) is 0 Å². The molecule has 3 aromatic rings. The van der Waals surface area contributed by atoms with Crippen LogP contribution in [0.1, 0.15) is 125 Å². The van der Waals surface area contributed by atoms with Crippen LogP contribution >= 0.6 is 43.5 Å². The Bertz CT molecular complexity index is 1150. The molecule has 1 aliphatic carbocycles. The van der Waals surface area contributed by atoms with E-state index < -0.39 is 0 Å². The van der Waals surface area contributed by atoms with Crippen LogP contribution in [-0.4, -0.2) is 5.88 Å². The molecule has 0 saturated carbocycles. The summed E-state index contributed by atoms with van der Waals surface area (Å²) in [5, 5.41) is 0. The molecule has 0 saturated heterocycles. The van der Waals surface area contributed by atoms with Crippen LogP contribution in [0, 0.1) is 0 Å². The number of fused-ring (bicyclic) bond motifs is 3. The van der Waals surface area contributed by atoms with Crippen molar-refractivity contribution in [2.24, 2.45) is 0 Å². The molecule has 3 heteroatoms. The molecule has 0 bridgehead atoms. The molecule has 0 spiro atoms. The lowest BCUT2D eigenvalue weighted by Crippen LogP contribution is -2.27. The van der Waals surface area contributed by atoms with Gasteiger partial charge in [0.05, 0.1) is 0 Å². The van der Waals surface area contributed by atoms with Crippen molar-refractivity contribution >= 4 is 43.5 Å². The Kier molecular flexibility index (Phi) is 12.7. The average molecular weight is 687 g/mol. The summed E-state index contributed by atoms with van der Waals surface area (Å²) in [6, 6.07) is 21.6. The summed E-state index contributed by atoms with van der Waals surface area (Å²) >= 11 is 13.8. The van der Waals surface area contributed by atoms with Crippen molar-refractivity contribution < 1.29 is 0 Å². The second-order valence-corrected chi connectivity index (χ2v) is 14.0. The van der Waals surface area contributed by atoms with Gasteiger partial charge in [0.15, 0.2) is 0 Å². The molecule has 0 unspecified atom stereocenters.